The average Bonchev–Trinajstić information content (AvgIpc) is 2.35. The molecule has 3 heteroatoms. The van der Waals surface area contributed by atoms with E-state index >= 15 is 0 Å². The fourth-order valence-corrected chi connectivity index (χ4v) is 1.60. The van der Waals surface area contributed by atoms with E-state index in [0.717, 1.165) is 11.3 Å². The molecular formula is C14H23NO2. The summed E-state index contributed by atoms with van der Waals surface area (Å²) in [4.78, 5) is 0. The predicted octanol–water partition coefficient (Wildman–Crippen LogP) is 2.43. The van der Waals surface area contributed by atoms with Gasteiger partial charge in [0.05, 0.1) is 6.10 Å². The fourth-order valence-electron chi connectivity index (χ4n) is 1.60. The van der Waals surface area contributed by atoms with Gasteiger partial charge in [-0.2, -0.15) is 0 Å². The molecule has 2 atom stereocenters. The Morgan fingerprint density at radius 2 is 2.12 bits per heavy atom. The molecule has 1 rings (SSSR count). The Balaban J connectivity index is 2.83. The Morgan fingerprint density at radius 3 is 2.71 bits per heavy atom. The van der Waals surface area contributed by atoms with Crippen molar-refractivity contribution in [1.82, 2.24) is 5.32 Å². The second-order valence-corrected chi connectivity index (χ2v) is 4.42. The van der Waals surface area contributed by atoms with Crippen LogP contribution in [-0.4, -0.2) is 24.9 Å². The summed E-state index contributed by atoms with van der Waals surface area (Å²) in [7, 11) is 1.93. The highest BCUT2D eigenvalue weighted by Gasteiger charge is 2.11. The number of rotatable bonds is 6. The van der Waals surface area contributed by atoms with Crippen LogP contribution in [0.4, 0.5) is 0 Å². The number of benzene rings is 1. The van der Waals surface area contributed by atoms with E-state index in [1.54, 1.807) is 0 Å². The van der Waals surface area contributed by atoms with Crippen molar-refractivity contribution in [2.75, 3.05) is 13.7 Å². The van der Waals surface area contributed by atoms with Crippen molar-refractivity contribution in [2.45, 2.75) is 39.3 Å². The quantitative estimate of drug-likeness (QED) is 0.798. The van der Waals surface area contributed by atoms with E-state index in [-0.39, 0.29) is 6.04 Å². The van der Waals surface area contributed by atoms with Gasteiger partial charge >= 0.3 is 0 Å². The van der Waals surface area contributed by atoms with Crippen LogP contribution >= 0.6 is 0 Å². The zero-order valence-electron chi connectivity index (χ0n) is 11.2. The molecule has 0 aliphatic carbocycles. The molecule has 0 aliphatic heterocycles. The molecular weight excluding hydrogens is 214 g/mol. The third-order valence-corrected chi connectivity index (χ3v) is 2.97. The molecule has 17 heavy (non-hydrogen) atoms. The molecule has 2 unspecified atom stereocenters. The Morgan fingerprint density at radius 1 is 1.41 bits per heavy atom. The summed E-state index contributed by atoms with van der Waals surface area (Å²) in [5.74, 6) is 0.852. The highest BCUT2D eigenvalue weighted by molar-refractivity contribution is 5.38. The zero-order chi connectivity index (χ0) is 12.8. The van der Waals surface area contributed by atoms with Crippen molar-refractivity contribution < 1.29 is 9.84 Å². The summed E-state index contributed by atoms with van der Waals surface area (Å²) in [6, 6.07) is 6.36. The number of aryl methyl sites for hydroxylation is 1. The van der Waals surface area contributed by atoms with Crippen LogP contribution in [0, 0.1) is 6.92 Å². The average molecular weight is 237 g/mol. The number of ether oxygens (including phenoxy) is 1. The minimum absolute atomic E-state index is 0.240. The van der Waals surface area contributed by atoms with Gasteiger partial charge in [0.1, 0.15) is 12.4 Å². The first-order valence-corrected chi connectivity index (χ1v) is 6.17. The van der Waals surface area contributed by atoms with Crippen molar-refractivity contribution >= 4 is 0 Å². The van der Waals surface area contributed by atoms with Gasteiger partial charge < -0.3 is 15.2 Å². The standard InChI is InChI=1S/C14H23NO2/c1-5-12(16)9-17-14-7-6-10(2)8-13(14)11(3)15-4/h6-8,11-12,15-16H,5,9H2,1-4H3. The lowest BCUT2D eigenvalue weighted by Gasteiger charge is -2.18. The monoisotopic (exact) mass is 237 g/mol. The molecule has 0 saturated heterocycles. The largest absolute Gasteiger partial charge is 0.491 e. The van der Waals surface area contributed by atoms with Gasteiger partial charge in [-0.3, -0.25) is 0 Å². The molecule has 0 radical (unpaired) electrons. The molecule has 0 heterocycles. The molecule has 2 N–H and O–H groups in total. The van der Waals surface area contributed by atoms with Crippen LogP contribution in [0.1, 0.15) is 37.4 Å². The van der Waals surface area contributed by atoms with E-state index in [1.165, 1.54) is 5.56 Å². The highest BCUT2D eigenvalue weighted by Crippen LogP contribution is 2.26. The van der Waals surface area contributed by atoms with E-state index in [1.807, 2.05) is 26.1 Å². The predicted molar refractivity (Wildman–Crippen MR) is 70.4 cm³/mol. The molecule has 0 fully saturated rings. The molecule has 0 aliphatic rings. The summed E-state index contributed by atoms with van der Waals surface area (Å²) in [6.07, 6.45) is 0.317. The molecule has 0 saturated carbocycles. The maximum atomic E-state index is 9.52. The number of hydrogen-bond donors (Lipinski definition) is 2. The van der Waals surface area contributed by atoms with Gasteiger partial charge in [0.15, 0.2) is 0 Å². The molecule has 0 spiro atoms. The van der Waals surface area contributed by atoms with E-state index in [0.29, 0.717) is 13.0 Å². The summed E-state index contributed by atoms with van der Waals surface area (Å²) < 4.78 is 5.68. The van der Waals surface area contributed by atoms with Crippen LogP contribution in [0.2, 0.25) is 0 Å². The number of nitrogens with one attached hydrogen (secondary N) is 1. The van der Waals surface area contributed by atoms with Crippen LogP contribution in [0.25, 0.3) is 0 Å². The first-order chi connectivity index (χ1) is 8.08. The smallest absolute Gasteiger partial charge is 0.124 e. The zero-order valence-corrected chi connectivity index (χ0v) is 11.2. The van der Waals surface area contributed by atoms with E-state index < -0.39 is 6.10 Å². The topological polar surface area (TPSA) is 41.5 Å². The van der Waals surface area contributed by atoms with Crippen LogP contribution < -0.4 is 10.1 Å². The van der Waals surface area contributed by atoms with Crippen molar-refractivity contribution in [1.29, 1.82) is 0 Å². The minimum Gasteiger partial charge on any atom is -0.491 e. The van der Waals surface area contributed by atoms with Gasteiger partial charge in [-0.05, 0) is 33.4 Å². The van der Waals surface area contributed by atoms with Crippen LogP contribution in [0.15, 0.2) is 18.2 Å². The highest BCUT2D eigenvalue weighted by atomic mass is 16.5. The molecule has 0 amide bonds. The Kier molecular flexibility index (Phi) is 5.45. The number of aliphatic hydroxyl groups excluding tert-OH is 1. The Bertz CT molecular complexity index is 352. The summed E-state index contributed by atoms with van der Waals surface area (Å²) in [5.41, 5.74) is 2.35. The fraction of sp³-hybridized carbons (Fsp3) is 0.571. The maximum absolute atomic E-state index is 9.52. The number of hydrogen-bond acceptors (Lipinski definition) is 3. The van der Waals surface area contributed by atoms with E-state index in [2.05, 4.69) is 25.2 Å². The van der Waals surface area contributed by atoms with Crippen molar-refractivity contribution in [3.05, 3.63) is 29.3 Å². The first kappa shape index (κ1) is 14.0. The molecule has 0 aromatic heterocycles. The van der Waals surface area contributed by atoms with Crippen LogP contribution in [0.3, 0.4) is 0 Å². The van der Waals surface area contributed by atoms with E-state index in [4.69, 9.17) is 4.74 Å². The van der Waals surface area contributed by atoms with Crippen molar-refractivity contribution in [2.24, 2.45) is 0 Å². The SMILES string of the molecule is CCC(O)COc1ccc(C)cc1C(C)NC. The van der Waals surface area contributed by atoms with Crippen molar-refractivity contribution in [3.63, 3.8) is 0 Å². The minimum atomic E-state index is -0.394. The van der Waals surface area contributed by atoms with Gasteiger partial charge in [-0.15, -0.1) is 0 Å². The van der Waals surface area contributed by atoms with Gasteiger partial charge in [0.2, 0.25) is 0 Å². The normalized spacial score (nSPS) is 14.4. The maximum Gasteiger partial charge on any atom is 0.124 e. The molecule has 3 nitrogen and oxygen atoms in total. The molecule has 1 aromatic rings. The second kappa shape index (κ2) is 6.62. The lowest BCUT2D eigenvalue weighted by atomic mass is 10.0. The number of aliphatic hydroxyl groups is 1. The lowest BCUT2D eigenvalue weighted by molar-refractivity contribution is 0.103. The summed E-state index contributed by atoms with van der Waals surface area (Å²) in [5, 5.41) is 12.7. The van der Waals surface area contributed by atoms with E-state index in [9.17, 15) is 5.11 Å². The Hall–Kier alpha value is -1.06. The van der Waals surface area contributed by atoms with Gasteiger partial charge in [0, 0.05) is 11.6 Å². The Labute approximate surface area is 104 Å². The third kappa shape index (κ3) is 4.02. The van der Waals surface area contributed by atoms with Gasteiger partial charge in [0.25, 0.3) is 0 Å². The van der Waals surface area contributed by atoms with Gasteiger partial charge in [-0.25, -0.2) is 0 Å². The summed E-state index contributed by atoms with van der Waals surface area (Å²) in [6.45, 7) is 6.46. The van der Waals surface area contributed by atoms with Crippen LogP contribution in [0.5, 0.6) is 5.75 Å². The van der Waals surface area contributed by atoms with Crippen LogP contribution in [-0.2, 0) is 0 Å². The third-order valence-electron chi connectivity index (χ3n) is 2.97. The first-order valence-electron chi connectivity index (χ1n) is 6.17. The molecule has 0 bridgehead atoms. The summed E-state index contributed by atoms with van der Waals surface area (Å²) >= 11 is 0. The van der Waals surface area contributed by atoms with Crippen molar-refractivity contribution in [3.8, 4) is 5.75 Å². The van der Waals surface area contributed by atoms with Gasteiger partial charge in [-0.1, -0.05) is 24.6 Å². The lowest BCUT2D eigenvalue weighted by Crippen LogP contribution is -2.19. The molecule has 1 aromatic carbocycles. The second-order valence-electron chi connectivity index (χ2n) is 4.42. The molecule has 96 valence electrons.